The zero-order valence-corrected chi connectivity index (χ0v) is 10.1. The van der Waals surface area contributed by atoms with Gasteiger partial charge in [0.1, 0.15) is 0 Å². The quantitative estimate of drug-likeness (QED) is 0.340. The summed E-state index contributed by atoms with van der Waals surface area (Å²) in [5.74, 6) is 0.496. The fraction of sp³-hybridized carbons (Fsp3) is 0.214. The second-order valence-corrected chi connectivity index (χ2v) is 3.63. The van der Waals surface area contributed by atoms with Crippen LogP contribution in [0, 0.1) is 0 Å². The van der Waals surface area contributed by atoms with Crippen molar-refractivity contribution in [3.05, 3.63) is 60.7 Å². The summed E-state index contributed by atoms with van der Waals surface area (Å²) >= 11 is 0. The number of benzene rings is 1. The number of allylic oxidation sites excluding steroid dienone is 2. The summed E-state index contributed by atoms with van der Waals surface area (Å²) in [6.45, 7) is 5.72. The monoisotopic (exact) mass is 229 g/mol. The maximum atomic E-state index is 5.87. The molecule has 0 aromatic heterocycles. The lowest BCUT2D eigenvalue weighted by atomic mass is 10.2. The third-order valence-corrected chi connectivity index (χ3v) is 2.34. The van der Waals surface area contributed by atoms with Crippen LogP contribution in [0.25, 0.3) is 0 Å². The summed E-state index contributed by atoms with van der Waals surface area (Å²) in [7, 11) is 0. The van der Waals surface area contributed by atoms with Gasteiger partial charge in [0.05, 0.1) is 6.04 Å². The molecule has 1 rings (SSSR count). The van der Waals surface area contributed by atoms with Crippen molar-refractivity contribution in [1.29, 1.82) is 0 Å². The summed E-state index contributed by atoms with van der Waals surface area (Å²) in [4.78, 5) is 0. The van der Waals surface area contributed by atoms with Crippen LogP contribution in [-0.2, 0) is 0 Å². The summed E-state index contributed by atoms with van der Waals surface area (Å²) < 4.78 is 0. The average molecular weight is 229 g/mol. The molecule has 0 aliphatic rings. The summed E-state index contributed by atoms with van der Waals surface area (Å²) in [6.07, 6.45) is 6.59. The van der Waals surface area contributed by atoms with Gasteiger partial charge in [0.25, 0.3) is 0 Å². The molecule has 0 radical (unpaired) electrons. The Kier molecular flexibility index (Phi) is 5.58. The lowest BCUT2D eigenvalue weighted by molar-refractivity contribution is 0.605. The maximum Gasteiger partial charge on any atom is 0.150 e. The fourth-order valence-corrected chi connectivity index (χ4v) is 1.31. The summed E-state index contributed by atoms with van der Waals surface area (Å²) in [5, 5.41) is 4.18. The molecule has 0 spiro atoms. The van der Waals surface area contributed by atoms with Gasteiger partial charge >= 0.3 is 0 Å². The number of nitrogens with two attached hydrogens (primary N) is 1. The Balaban J connectivity index is 2.63. The van der Waals surface area contributed by atoms with Crippen LogP contribution in [0.1, 0.15) is 18.9 Å². The molecule has 1 unspecified atom stereocenters. The minimum absolute atomic E-state index is 0.176. The molecule has 0 bridgehead atoms. The van der Waals surface area contributed by atoms with Gasteiger partial charge in [-0.15, -0.1) is 0 Å². The molecule has 3 nitrogen and oxygen atoms in total. The van der Waals surface area contributed by atoms with Crippen LogP contribution < -0.4 is 11.2 Å². The molecular weight excluding hydrogens is 210 g/mol. The van der Waals surface area contributed by atoms with Crippen LogP contribution in [0.15, 0.2) is 60.2 Å². The van der Waals surface area contributed by atoms with E-state index >= 15 is 0 Å². The van der Waals surface area contributed by atoms with Crippen molar-refractivity contribution in [1.82, 2.24) is 5.43 Å². The topological polar surface area (TPSA) is 50.4 Å². The number of nitrogens with zero attached hydrogens (tertiary/aromatic N) is 1. The van der Waals surface area contributed by atoms with Crippen molar-refractivity contribution in [3.8, 4) is 0 Å². The van der Waals surface area contributed by atoms with Crippen LogP contribution in [0.3, 0.4) is 0 Å². The molecular formula is C14H19N3. The molecule has 1 aromatic rings. The molecule has 0 fully saturated rings. The molecule has 17 heavy (non-hydrogen) atoms. The molecule has 0 aliphatic carbocycles. The minimum Gasteiger partial charge on any atom is -0.382 e. The van der Waals surface area contributed by atoms with Crippen LogP contribution in [-0.4, -0.2) is 11.9 Å². The maximum absolute atomic E-state index is 5.87. The first-order valence-corrected chi connectivity index (χ1v) is 5.71. The van der Waals surface area contributed by atoms with Gasteiger partial charge in [-0.05, 0) is 6.42 Å². The van der Waals surface area contributed by atoms with E-state index < -0.39 is 0 Å². The van der Waals surface area contributed by atoms with E-state index in [1.54, 1.807) is 6.08 Å². The second kappa shape index (κ2) is 7.28. The van der Waals surface area contributed by atoms with E-state index in [0.717, 1.165) is 12.0 Å². The molecule has 3 heteroatoms. The molecule has 0 saturated carbocycles. The zero-order chi connectivity index (χ0) is 12.5. The van der Waals surface area contributed by atoms with Crippen LogP contribution in [0.5, 0.6) is 0 Å². The third kappa shape index (κ3) is 4.55. The second-order valence-electron chi connectivity index (χ2n) is 3.63. The summed E-state index contributed by atoms with van der Waals surface area (Å²) in [6, 6.07) is 9.86. The fourth-order valence-electron chi connectivity index (χ4n) is 1.31. The van der Waals surface area contributed by atoms with Gasteiger partial charge in [0, 0.05) is 5.56 Å². The Morgan fingerprint density at radius 1 is 1.47 bits per heavy atom. The Morgan fingerprint density at radius 2 is 2.18 bits per heavy atom. The smallest absolute Gasteiger partial charge is 0.150 e. The van der Waals surface area contributed by atoms with Crippen LogP contribution in [0.4, 0.5) is 0 Å². The molecule has 90 valence electrons. The Hall–Kier alpha value is -2.03. The number of hydrogen-bond donors (Lipinski definition) is 2. The Morgan fingerprint density at radius 3 is 2.76 bits per heavy atom. The number of rotatable bonds is 6. The predicted molar refractivity (Wildman–Crippen MR) is 73.7 cm³/mol. The van der Waals surface area contributed by atoms with E-state index in [-0.39, 0.29) is 6.04 Å². The molecule has 0 amide bonds. The standard InChI is InChI=1S/C14H19N3/c1-3-5-11-13(4-2)16-17-14(15)12-9-7-6-8-10-12/h3,5-11,13,16H,1,4H2,2H3,(H2,15,17)/b11-5-. The van der Waals surface area contributed by atoms with Crippen molar-refractivity contribution in [3.63, 3.8) is 0 Å². The number of hydrazone groups is 1. The first kappa shape index (κ1) is 13.0. The Bertz CT molecular complexity index is 393. The SMILES string of the molecule is C=C/C=C\C(CC)NN=C(N)c1ccccc1. The van der Waals surface area contributed by atoms with Crippen molar-refractivity contribution in [2.45, 2.75) is 19.4 Å². The van der Waals surface area contributed by atoms with Crippen LogP contribution in [0.2, 0.25) is 0 Å². The van der Waals surface area contributed by atoms with Gasteiger partial charge in [0.2, 0.25) is 0 Å². The predicted octanol–water partition coefficient (Wildman–Crippen LogP) is 2.42. The van der Waals surface area contributed by atoms with Crippen molar-refractivity contribution < 1.29 is 0 Å². The molecule has 0 heterocycles. The summed E-state index contributed by atoms with van der Waals surface area (Å²) in [5.41, 5.74) is 9.82. The number of nitrogens with one attached hydrogen (secondary N) is 1. The molecule has 3 N–H and O–H groups in total. The van der Waals surface area contributed by atoms with Crippen molar-refractivity contribution in [2.24, 2.45) is 10.8 Å². The van der Waals surface area contributed by atoms with Gasteiger partial charge in [-0.25, -0.2) is 0 Å². The first-order chi connectivity index (χ1) is 8.27. The third-order valence-electron chi connectivity index (χ3n) is 2.34. The van der Waals surface area contributed by atoms with Gasteiger partial charge in [-0.1, -0.05) is 62.1 Å². The van der Waals surface area contributed by atoms with Crippen molar-refractivity contribution in [2.75, 3.05) is 0 Å². The van der Waals surface area contributed by atoms with E-state index in [1.165, 1.54) is 0 Å². The Labute approximate surface area is 103 Å². The lowest BCUT2D eigenvalue weighted by Gasteiger charge is -2.10. The van der Waals surface area contributed by atoms with Crippen LogP contribution >= 0.6 is 0 Å². The number of amidine groups is 1. The highest BCUT2D eigenvalue weighted by atomic mass is 15.3. The first-order valence-electron chi connectivity index (χ1n) is 5.71. The lowest BCUT2D eigenvalue weighted by Crippen LogP contribution is -2.26. The van der Waals surface area contributed by atoms with E-state index in [0.29, 0.717) is 5.84 Å². The van der Waals surface area contributed by atoms with E-state index in [2.05, 4.69) is 24.0 Å². The highest BCUT2D eigenvalue weighted by Gasteiger charge is 2.00. The molecule has 1 aromatic carbocycles. The largest absolute Gasteiger partial charge is 0.382 e. The van der Waals surface area contributed by atoms with E-state index in [1.807, 2.05) is 42.5 Å². The van der Waals surface area contributed by atoms with E-state index in [9.17, 15) is 0 Å². The van der Waals surface area contributed by atoms with Gasteiger partial charge < -0.3 is 11.2 Å². The zero-order valence-electron chi connectivity index (χ0n) is 10.1. The highest BCUT2D eigenvalue weighted by Crippen LogP contribution is 1.98. The van der Waals surface area contributed by atoms with Crippen molar-refractivity contribution >= 4 is 5.84 Å². The highest BCUT2D eigenvalue weighted by molar-refractivity contribution is 5.97. The van der Waals surface area contributed by atoms with Gasteiger partial charge in [-0.3, -0.25) is 0 Å². The molecule has 0 aliphatic heterocycles. The normalized spacial score (nSPS) is 13.6. The van der Waals surface area contributed by atoms with E-state index in [4.69, 9.17) is 5.73 Å². The van der Waals surface area contributed by atoms with Gasteiger partial charge in [-0.2, -0.15) is 5.10 Å². The van der Waals surface area contributed by atoms with Gasteiger partial charge in [0.15, 0.2) is 5.84 Å². The molecule has 1 atom stereocenters. The average Bonchev–Trinajstić information content (AvgIpc) is 2.39. The molecule has 0 saturated heterocycles. The minimum atomic E-state index is 0.176. The number of hydrogen-bond acceptors (Lipinski definition) is 2.